The van der Waals surface area contributed by atoms with Crippen LogP contribution in [0.2, 0.25) is 0 Å². The second-order valence-electron chi connectivity index (χ2n) is 3.97. The second-order valence-corrected chi connectivity index (χ2v) is 3.97. The zero-order valence-corrected chi connectivity index (χ0v) is 9.49. The Bertz CT molecular complexity index is 350. The van der Waals surface area contributed by atoms with Gasteiger partial charge in [0, 0.05) is 6.54 Å². The van der Waals surface area contributed by atoms with E-state index >= 15 is 0 Å². The molecule has 0 aliphatic carbocycles. The number of nitrogens with two attached hydrogens (primary N) is 1. The van der Waals surface area contributed by atoms with Crippen molar-refractivity contribution < 1.29 is 10.2 Å². The van der Waals surface area contributed by atoms with Gasteiger partial charge >= 0.3 is 0 Å². The number of rotatable bonds is 3. The molecule has 3 nitrogen and oxygen atoms in total. The third-order valence-electron chi connectivity index (χ3n) is 3.02. The molecule has 0 fully saturated rings. The van der Waals surface area contributed by atoms with E-state index in [9.17, 15) is 10.2 Å². The summed E-state index contributed by atoms with van der Waals surface area (Å²) in [4.78, 5) is 0. The molecule has 0 heterocycles. The van der Waals surface area contributed by atoms with Gasteiger partial charge in [0.05, 0.1) is 6.10 Å². The highest BCUT2D eigenvalue weighted by Gasteiger charge is 2.19. The molecule has 1 aromatic carbocycles. The summed E-state index contributed by atoms with van der Waals surface area (Å²) >= 11 is 0. The highest BCUT2D eigenvalue weighted by atomic mass is 16.3. The van der Waals surface area contributed by atoms with Crippen molar-refractivity contribution in [3.63, 3.8) is 0 Å². The van der Waals surface area contributed by atoms with Gasteiger partial charge in [0.1, 0.15) is 6.10 Å². The minimum Gasteiger partial charge on any atom is -0.389 e. The van der Waals surface area contributed by atoms with Crippen molar-refractivity contribution in [2.24, 2.45) is 5.73 Å². The lowest BCUT2D eigenvalue weighted by atomic mass is 9.93. The quantitative estimate of drug-likeness (QED) is 0.694. The van der Waals surface area contributed by atoms with Gasteiger partial charge in [0.2, 0.25) is 0 Å². The number of aliphatic hydroxyl groups is 2. The van der Waals surface area contributed by atoms with E-state index < -0.39 is 12.2 Å². The van der Waals surface area contributed by atoms with Crippen molar-refractivity contribution in [3.8, 4) is 0 Å². The summed E-state index contributed by atoms with van der Waals surface area (Å²) in [6.45, 7) is 6.05. The van der Waals surface area contributed by atoms with E-state index in [1.165, 1.54) is 5.56 Å². The summed E-state index contributed by atoms with van der Waals surface area (Å²) < 4.78 is 0. The zero-order valence-electron chi connectivity index (χ0n) is 9.49. The van der Waals surface area contributed by atoms with Crippen LogP contribution in [0.4, 0.5) is 0 Å². The van der Waals surface area contributed by atoms with Crippen LogP contribution in [0.25, 0.3) is 0 Å². The van der Waals surface area contributed by atoms with Gasteiger partial charge in [-0.05, 0) is 43.0 Å². The monoisotopic (exact) mass is 209 g/mol. The van der Waals surface area contributed by atoms with Crippen LogP contribution in [0, 0.1) is 20.8 Å². The molecular formula is C12H19NO2. The van der Waals surface area contributed by atoms with E-state index in [1.807, 2.05) is 32.9 Å². The molecule has 0 aliphatic rings. The van der Waals surface area contributed by atoms with Crippen LogP contribution in [0.5, 0.6) is 0 Å². The van der Waals surface area contributed by atoms with Crippen LogP contribution in [-0.2, 0) is 0 Å². The van der Waals surface area contributed by atoms with Gasteiger partial charge in [-0.15, -0.1) is 0 Å². The van der Waals surface area contributed by atoms with Crippen molar-refractivity contribution in [3.05, 3.63) is 34.4 Å². The number of aryl methyl sites for hydroxylation is 1. The third-order valence-corrected chi connectivity index (χ3v) is 3.02. The molecule has 4 N–H and O–H groups in total. The normalized spacial score (nSPS) is 15.1. The summed E-state index contributed by atoms with van der Waals surface area (Å²) in [6.07, 6.45) is -1.79. The van der Waals surface area contributed by atoms with E-state index in [2.05, 4.69) is 0 Å². The van der Waals surface area contributed by atoms with Crippen LogP contribution in [0.1, 0.15) is 28.4 Å². The first-order chi connectivity index (χ1) is 6.99. The summed E-state index contributed by atoms with van der Waals surface area (Å²) in [5.41, 5.74) is 9.44. The van der Waals surface area contributed by atoms with E-state index in [1.54, 1.807) is 0 Å². The molecule has 3 heteroatoms. The lowest BCUT2D eigenvalue weighted by molar-refractivity contribution is 0.0239. The summed E-state index contributed by atoms with van der Waals surface area (Å²) in [5, 5.41) is 19.3. The molecule has 0 aromatic heterocycles. The lowest BCUT2D eigenvalue weighted by Gasteiger charge is -2.20. The Kier molecular flexibility index (Phi) is 3.85. The van der Waals surface area contributed by atoms with Crippen molar-refractivity contribution in [1.29, 1.82) is 0 Å². The molecule has 0 saturated carbocycles. The van der Waals surface area contributed by atoms with Gasteiger partial charge in [0.15, 0.2) is 0 Å². The van der Waals surface area contributed by atoms with E-state index in [4.69, 9.17) is 5.73 Å². The molecule has 0 bridgehead atoms. The SMILES string of the molecule is Cc1ccc(C(O)C(O)CN)c(C)c1C. The Morgan fingerprint density at radius 1 is 1.13 bits per heavy atom. The van der Waals surface area contributed by atoms with Gasteiger partial charge in [-0.3, -0.25) is 0 Å². The smallest absolute Gasteiger partial charge is 0.106 e. The van der Waals surface area contributed by atoms with Gasteiger partial charge in [-0.25, -0.2) is 0 Å². The van der Waals surface area contributed by atoms with Gasteiger partial charge in [-0.2, -0.15) is 0 Å². The maximum atomic E-state index is 9.86. The average Bonchev–Trinajstić information content (AvgIpc) is 2.24. The Morgan fingerprint density at radius 3 is 2.27 bits per heavy atom. The molecule has 2 atom stereocenters. The molecule has 1 rings (SSSR count). The summed E-state index contributed by atoms with van der Waals surface area (Å²) in [6, 6.07) is 3.80. The first-order valence-corrected chi connectivity index (χ1v) is 5.12. The van der Waals surface area contributed by atoms with E-state index in [0.29, 0.717) is 0 Å². The molecule has 0 saturated heterocycles. The standard InChI is InChI=1S/C12H19NO2/c1-7-4-5-10(9(3)8(7)2)12(15)11(14)6-13/h4-5,11-12,14-15H,6,13H2,1-3H3. The number of benzene rings is 1. The number of hydrogen-bond donors (Lipinski definition) is 3. The Balaban J connectivity index is 3.10. The summed E-state index contributed by atoms with van der Waals surface area (Å²) in [7, 11) is 0. The predicted octanol–water partition coefficient (Wildman–Crippen LogP) is 0.965. The van der Waals surface area contributed by atoms with Crippen molar-refractivity contribution >= 4 is 0 Å². The Labute approximate surface area is 90.5 Å². The molecule has 0 spiro atoms. The highest BCUT2D eigenvalue weighted by molar-refractivity contribution is 5.40. The maximum absolute atomic E-state index is 9.86. The van der Waals surface area contributed by atoms with Crippen LogP contribution in [0.3, 0.4) is 0 Å². The fourth-order valence-electron chi connectivity index (χ4n) is 1.63. The molecule has 2 unspecified atom stereocenters. The molecule has 0 aliphatic heterocycles. The molecule has 1 aromatic rings. The number of aliphatic hydroxyl groups excluding tert-OH is 2. The van der Waals surface area contributed by atoms with Crippen LogP contribution in [-0.4, -0.2) is 22.9 Å². The largest absolute Gasteiger partial charge is 0.389 e. The Hall–Kier alpha value is -0.900. The fourth-order valence-corrected chi connectivity index (χ4v) is 1.63. The van der Waals surface area contributed by atoms with E-state index in [0.717, 1.165) is 16.7 Å². The first kappa shape index (κ1) is 12.2. The van der Waals surface area contributed by atoms with Crippen molar-refractivity contribution in [2.75, 3.05) is 6.54 Å². The Morgan fingerprint density at radius 2 is 1.73 bits per heavy atom. The van der Waals surface area contributed by atoms with Crippen molar-refractivity contribution in [2.45, 2.75) is 33.0 Å². The fraction of sp³-hybridized carbons (Fsp3) is 0.500. The maximum Gasteiger partial charge on any atom is 0.106 e. The summed E-state index contributed by atoms with van der Waals surface area (Å²) in [5.74, 6) is 0. The second kappa shape index (κ2) is 4.75. The minimum absolute atomic E-state index is 0.0630. The zero-order chi connectivity index (χ0) is 11.6. The average molecular weight is 209 g/mol. The van der Waals surface area contributed by atoms with Crippen LogP contribution in [0.15, 0.2) is 12.1 Å². The third kappa shape index (κ3) is 2.37. The first-order valence-electron chi connectivity index (χ1n) is 5.12. The predicted molar refractivity (Wildman–Crippen MR) is 60.7 cm³/mol. The molecule has 84 valence electrons. The highest BCUT2D eigenvalue weighted by Crippen LogP contribution is 2.24. The van der Waals surface area contributed by atoms with Gasteiger partial charge in [-0.1, -0.05) is 12.1 Å². The lowest BCUT2D eigenvalue weighted by Crippen LogP contribution is -2.27. The van der Waals surface area contributed by atoms with Gasteiger partial charge < -0.3 is 15.9 Å². The minimum atomic E-state index is -0.897. The molecule has 15 heavy (non-hydrogen) atoms. The molecule has 0 radical (unpaired) electrons. The molecular weight excluding hydrogens is 190 g/mol. The number of hydrogen-bond acceptors (Lipinski definition) is 3. The van der Waals surface area contributed by atoms with Gasteiger partial charge in [0.25, 0.3) is 0 Å². The van der Waals surface area contributed by atoms with Crippen LogP contribution < -0.4 is 5.73 Å². The van der Waals surface area contributed by atoms with Crippen molar-refractivity contribution in [1.82, 2.24) is 0 Å². The topological polar surface area (TPSA) is 66.5 Å². The van der Waals surface area contributed by atoms with Crippen LogP contribution >= 0.6 is 0 Å². The van der Waals surface area contributed by atoms with E-state index in [-0.39, 0.29) is 6.54 Å². The molecule has 0 amide bonds.